The number of aliphatic hydroxyl groups is 1. The summed E-state index contributed by atoms with van der Waals surface area (Å²) in [4.78, 5) is 16.7. The monoisotopic (exact) mass is 298 g/mol. The Balaban J connectivity index is 1.88. The van der Waals surface area contributed by atoms with Gasteiger partial charge < -0.3 is 15.2 Å². The van der Waals surface area contributed by atoms with E-state index in [0.29, 0.717) is 17.7 Å². The summed E-state index contributed by atoms with van der Waals surface area (Å²) < 4.78 is 5.20. The number of carbonyl (C=O) groups is 1. The third-order valence-electron chi connectivity index (χ3n) is 3.96. The van der Waals surface area contributed by atoms with Gasteiger partial charge in [0.1, 0.15) is 5.75 Å². The number of aryl methyl sites for hydroxylation is 1. The topological polar surface area (TPSA) is 71.5 Å². The van der Waals surface area contributed by atoms with Crippen LogP contribution in [-0.2, 0) is 6.42 Å². The highest BCUT2D eigenvalue weighted by molar-refractivity contribution is 5.97. The number of pyridine rings is 1. The van der Waals surface area contributed by atoms with E-state index in [1.807, 2.05) is 31.2 Å². The van der Waals surface area contributed by atoms with Gasteiger partial charge in [-0.1, -0.05) is 24.3 Å². The molecule has 5 nitrogen and oxygen atoms in total. The first kappa shape index (κ1) is 14.5. The zero-order valence-corrected chi connectivity index (χ0v) is 12.5. The first-order valence-corrected chi connectivity index (χ1v) is 7.17. The molecule has 0 unspecified atom stereocenters. The Bertz CT molecular complexity index is 715. The van der Waals surface area contributed by atoms with Crippen molar-refractivity contribution in [2.75, 3.05) is 7.11 Å². The van der Waals surface area contributed by atoms with Crippen LogP contribution in [0.4, 0.5) is 0 Å². The molecule has 0 radical (unpaired) electrons. The van der Waals surface area contributed by atoms with Crippen LogP contribution in [-0.4, -0.2) is 29.2 Å². The largest absolute Gasteiger partial charge is 0.494 e. The van der Waals surface area contributed by atoms with E-state index in [1.165, 1.54) is 13.3 Å². The molecule has 1 aromatic heterocycles. The number of benzene rings is 1. The van der Waals surface area contributed by atoms with Crippen LogP contribution in [0.15, 0.2) is 36.5 Å². The van der Waals surface area contributed by atoms with Crippen molar-refractivity contribution >= 4 is 5.91 Å². The molecule has 2 N–H and O–H groups in total. The van der Waals surface area contributed by atoms with Crippen molar-refractivity contribution in [2.24, 2.45) is 0 Å². The Hall–Kier alpha value is -2.40. The molecule has 0 bridgehead atoms. The molecule has 2 aromatic rings. The lowest BCUT2D eigenvalue weighted by atomic mass is 10.1. The van der Waals surface area contributed by atoms with Gasteiger partial charge in [0.05, 0.1) is 31.0 Å². The maximum Gasteiger partial charge on any atom is 0.255 e. The van der Waals surface area contributed by atoms with E-state index in [0.717, 1.165) is 16.8 Å². The highest BCUT2D eigenvalue weighted by Crippen LogP contribution is 2.32. The van der Waals surface area contributed by atoms with Crippen LogP contribution in [0.25, 0.3) is 0 Å². The van der Waals surface area contributed by atoms with E-state index in [2.05, 4.69) is 10.3 Å². The van der Waals surface area contributed by atoms with Crippen LogP contribution in [0, 0.1) is 6.92 Å². The predicted octanol–water partition coefficient (Wildman–Crippen LogP) is 1.79. The van der Waals surface area contributed by atoms with Gasteiger partial charge >= 0.3 is 0 Å². The Morgan fingerprint density at radius 2 is 2.18 bits per heavy atom. The van der Waals surface area contributed by atoms with Crippen LogP contribution in [0.1, 0.15) is 33.2 Å². The fourth-order valence-corrected chi connectivity index (χ4v) is 2.85. The molecule has 1 aliphatic rings. The van der Waals surface area contributed by atoms with Crippen LogP contribution >= 0.6 is 0 Å². The molecule has 0 saturated heterocycles. The first-order valence-electron chi connectivity index (χ1n) is 7.17. The summed E-state index contributed by atoms with van der Waals surface area (Å²) in [6, 6.07) is 9.04. The molecule has 2 atom stereocenters. The minimum atomic E-state index is -0.615. The zero-order chi connectivity index (χ0) is 15.7. The zero-order valence-electron chi connectivity index (χ0n) is 12.5. The quantitative estimate of drug-likeness (QED) is 0.906. The van der Waals surface area contributed by atoms with Crippen molar-refractivity contribution in [3.05, 3.63) is 58.9 Å². The summed E-state index contributed by atoms with van der Waals surface area (Å²) in [5, 5.41) is 13.1. The third kappa shape index (κ3) is 2.55. The Morgan fingerprint density at radius 1 is 1.41 bits per heavy atom. The second-order valence-electron chi connectivity index (χ2n) is 5.45. The van der Waals surface area contributed by atoms with Crippen molar-refractivity contribution in [2.45, 2.75) is 25.5 Å². The fourth-order valence-electron chi connectivity index (χ4n) is 2.85. The van der Waals surface area contributed by atoms with Crippen LogP contribution in [0.2, 0.25) is 0 Å². The third-order valence-corrected chi connectivity index (χ3v) is 3.96. The molecule has 0 saturated carbocycles. The van der Waals surface area contributed by atoms with Crippen molar-refractivity contribution in [3.63, 3.8) is 0 Å². The minimum Gasteiger partial charge on any atom is -0.494 e. The number of amides is 1. The smallest absolute Gasteiger partial charge is 0.255 e. The van der Waals surface area contributed by atoms with Crippen LogP contribution in [0.3, 0.4) is 0 Å². The molecular weight excluding hydrogens is 280 g/mol. The molecule has 1 amide bonds. The number of carbonyl (C=O) groups excluding carboxylic acids is 1. The second kappa shape index (κ2) is 5.77. The van der Waals surface area contributed by atoms with Gasteiger partial charge in [0.2, 0.25) is 0 Å². The maximum atomic E-state index is 12.6. The number of nitrogens with one attached hydrogen (secondary N) is 1. The molecule has 22 heavy (non-hydrogen) atoms. The van der Waals surface area contributed by atoms with Crippen molar-refractivity contribution in [1.82, 2.24) is 10.3 Å². The molecule has 5 heteroatoms. The van der Waals surface area contributed by atoms with E-state index in [1.54, 1.807) is 6.07 Å². The molecule has 3 rings (SSSR count). The molecule has 0 fully saturated rings. The van der Waals surface area contributed by atoms with Crippen molar-refractivity contribution in [1.29, 1.82) is 0 Å². The van der Waals surface area contributed by atoms with Gasteiger partial charge in [-0.15, -0.1) is 0 Å². The normalized spacial score (nSPS) is 19.6. The molecule has 0 spiro atoms. The molecule has 1 aromatic carbocycles. The lowest BCUT2D eigenvalue weighted by Gasteiger charge is -2.19. The van der Waals surface area contributed by atoms with E-state index in [9.17, 15) is 9.90 Å². The van der Waals surface area contributed by atoms with Gasteiger partial charge in [-0.2, -0.15) is 0 Å². The average molecular weight is 298 g/mol. The van der Waals surface area contributed by atoms with E-state index in [-0.39, 0.29) is 5.91 Å². The standard InChI is InChI=1S/C17H18N2O3/c1-10-7-13(15(22-2)9-18-10)17(21)19-16-12-6-4-3-5-11(12)8-14(16)20/h3-7,9,14,16,20H,8H2,1-2H3,(H,19,21)/t14-,16+/m0/s1. The lowest BCUT2D eigenvalue weighted by Crippen LogP contribution is -2.34. The van der Waals surface area contributed by atoms with Gasteiger partial charge in [0.25, 0.3) is 5.91 Å². The fraction of sp³-hybridized carbons (Fsp3) is 0.294. The molecule has 114 valence electrons. The Kier molecular flexibility index (Phi) is 3.81. The SMILES string of the molecule is COc1cnc(C)cc1C(=O)N[C@@H]1c2ccccc2C[C@@H]1O. The van der Waals surface area contributed by atoms with E-state index >= 15 is 0 Å². The summed E-state index contributed by atoms with van der Waals surface area (Å²) in [6.07, 6.45) is 1.46. The number of hydrogen-bond donors (Lipinski definition) is 2. The number of nitrogens with zero attached hydrogens (tertiary/aromatic N) is 1. The Labute approximate surface area is 129 Å². The maximum absolute atomic E-state index is 12.6. The van der Waals surface area contributed by atoms with Gasteiger partial charge in [0.15, 0.2) is 0 Å². The predicted molar refractivity (Wildman–Crippen MR) is 81.9 cm³/mol. The average Bonchev–Trinajstić information content (AvgIpc) is 2.83. The molecule has 1 heterocycles. The summed E-state index contributed by atoms with van der Waals surface area (Å²) in [6.45, 7) is 1.82. The molecular formula is C17H18N2O3. The van der Waals surface area contributed by atoms with Gasteiger partial charge in [0, 0.05) is 12.1 Å². The van der Waals surface area contributed by atoms with Crippen molar-refractivity contribution in [3.8, 4) is 5.75 Å². The minimum absolute atomic E-state index is 0.275. The molecule has 0 aliphatic heterocycles. The summed E-state index contributed by atoms with van der Waals surface area (Å²) in [5.74, 6) is 0.145. The second-order valence-corrected chi connectivity index (χ2v) is 5.45. The summed E-state index contributed by atoms with van der Waals surface area (Å²) in [5.41, 5.74) is 3.19. The van der Waals surface area contributed by atoms with Gasteiger partial charge in [-0.3, -0.25) is 9.78 Å². The molecule has 1 aliphatic carbocycles. The summed E-state index contributed by atoms with van der Waals surface area (Å²) in [7, 11) is 1.50. The lowest BCUT2D eigenvalue weighted by molar-refractivity contribution is 0.0855. The number of rotatable bonds is 3. The van der Waals surface area contributed by atoms with E-state index < -0.39 is 12.1 Å². The van der Waals surface area contributed by atoms with Gasteiger partial charge in [-0.05, 0) is 24.1 Å². The van der Waals surface area contributed by atoms with Crippen molar-refractivity contribution < 1.29 is 14.6 Å². The van der Waals surface area contributed by atoms with Gasteiger partial charge in [-0.25, -0.2) is 0 Å². The Morgan fingerprint density at radius 3 is 2.95 bits per heavy atom. The highest BCUT2D eigenvalue weighted by Gasteiger charge is 2.32. The number of methoxy groups -OCH3 is 1. The van der Waals surface area contributed by atoms with E-state index in [4.69, 9.17) is 4.74 Å². The number of hydrogen-bond acceptors (Lipinski definition) is 4. The number of ether oxygens (including phenoxy) is 1. The van der Waals surface area contributed by atoms with Crippen LogP contribution < -0.4 is 10.1 Å². The highest BCUT2D eigenvalue weighted by atomic mass is 16.5. The number of aromatic nitrogens is 1. The number of fused-ring (bicyclic) bond motifs is 1. The van der Waals surface area contributed by atoms with Crippen LogP contribution in [0.5, 0.6) is 5.75 Å². The summed E-state index contributed by atoms with van der Waals surface area (Å²) >= 11 is 0. The number of aliphatic hydroxyl groups excluding tert-OH is 1. The first-order chi connectivity index (χ1) is 10.6.